The fraction of sp³-hybridized carbons (Fsp3) is 0.400. The van der Waals surface area contributed by atoms with Crippen LogP contribution in [0.15, 0.2) is 23.8 Å². The summed E-state index contributed by atoms with van der Waals surface area (Å²) < 4.78 is 0. The average molecular weight is 164 g/mol. The number of rotatable bonds is 2. The second kappa shape index (κ2) is 3.48. The molecule has 0 aromatic carbocycles. The standard InChI is InChI=1S/C10H12O2/c1-7(11)9-4-3-5-10(6-9)8(2)12/h3-4,6,10H,5H2,1-2H3. The molecule has 1 unspecified atom stereocenters. The van der Waals surface area contributed by atoms with Crippen LogP contribution < -0.4 is 0 Å². The minimum absolute atomic E-state index is 0.0252. The minimum Gasteiger partial charge on any atom is -0.299 e. The number of hydrogen-bond acceptors (Lipinski definition) is 2. The van der Waals surface area contributed by atoms with E-state index in [1.165, 1.54) is 6.92 Å². The topological polar surface area (TPSA) is 34.1 Å². The third-order valence-electron chi connectivity index (χ3n) is 2.00. The molecule has 0 fully saturated rings. The van der Waals surface area contributed by atoms with Gasteiger partial charge in [0.25, 0.3) is 0 Å². The van der Waals surface area contributed by atoms with Gasteiger partial charge in [0.1, 0.15) is 5.78 Å². The fourth-order valence-corrected chi connectivity index (χ4v) is 1.20. The van der Waals surface area contributed by atoms with Gasteiger partial charge in [0.2, 0.25) is 0 Å². The summed E-state index contributed by atoms with van der Waals surface area (Å²) in [6, 6.07) is 0. The highest BCUT2D eigenvalue weighted by molar-refractivity contribution is 5.97. The van der Waals surface area contributed by atoms with Crippen molar-refractivity contribution < 1.29 is 9.59 Å². The summed E-state index contributed by atoms with van der Waals surface area (Å²) in [5, 5.41) is 0. The highest BCUT2D eigenvalue weighted by Gasteiger charge is 2.14. The fourth-order valence-electron chi connectivity index (χ4n) is 1.20. The summed E-state index contributed by atoms with van der Waals surface area (Å²) in [5.41, 5.74) is 0.654. The molecule has 1 aliphatic carbocycles. The molecule has 0 saturated heterocycles. The third kappa shape index (κ3) is 1.91. The van der Waals surface area contributed by atoms with Crippen LogP contribution in [-0.2, 0) is 9.59 Å². The number of allylic oxidation sites excluding steroid dienone is 4. The van der Waals surface area contributed by atoms with E-state index in [9.17, 15) is 9.59 Å². The van der Waals surface area contributed by atoms with E-state index >= 15 is 0 Å². The summed E-state index contributed by atoms with van der Waals surface area (Å²) in [4.78, 5) is 21.9. The van der Waals surface area contributed by atoms with Gasteiger partial charge in [0.05, 0.1) is 0 Å². The van der Waals surface area contributed by atoms with Crippen molar-refractivity contribution in [1.29, 1.82) is 0 Å². The number of carbonyl (C=O) groups excluding carboxylic acids is 2. The molecule has 1 rings (SSSR count). The number of carbonyl (C=O) groups is 2. The number of hydrogen-bond donors (Lipinski definition) is 0. The molecule has 0 aromatic rings. The van der Waals surface area contributed by atoms with Crippen LogP contribution in [0.25, 0.3) is 0 Å². The van der Waals surface area contributed by atoms with E-state index in [4.69, 9.17) is 0 Å². The molecule has 2 nitrogen and oxygen atoms in total. The van der Waals surface area contributed by atoms with Crippen LogP contribution in [0.1, 0.15) is 20.3 Å². The van der Waals surface area contributed by atoms with Crippen molar-refractivity contribution in [2.45, 2.75) is 20.3 Å². The van der Waals surface area contributed by atoms with Crippen LogP contribution in [-0.4, -0.2) is 11.6 Å². The average Bonchev–Trinajstić information content (AvgIpc) is 2.04. The summed E-state index contributed by atoms with van der Waals surface area (Å²) in [7, 11) is 0. The first-order valence-corrected chi connectivity index (χ1v) is 4.01. The molecule has 1 atom stereocenters. The lowest BCUT2D eigenvalue weighted by Crippen LogP contribution is -2.11. The molecule has 0 heterocycles. The van der Waals surface area contributed by atoms with Crippen molar-refractivity contribution in [3.8, 4) is 0 Å². The molecule has 2 heteroatoms. The van der Waals surface area contributed by atoms with Crippen molar-refractivity contribution in [2.24, 2.45) is 5.92 Å². The summed E-state index contributed by atoms with van der Waals surface area (Å²) in [6.07, 6.45) is 6.14. The monoisotopic (exact) mass is 164 g/mol. The second-order valence-corrected chi connectivity index (χ2v) is 3.03. The Balaban J connectivity index is 2.82. The lowest BCUT2D eigenvalue weighted by Gasteiger charge is -2.11. The molecule has 0 N–H and O–H groups in total. The molecular formula is C10H12O2. The maximum atomic E-state index is 11.0. The molecule has 0 saturated carbocycles. The molecule has 0 aliphatic heterocycles. The van der Waals surface area contributed by atoms with Crippen molar-refractivity contribution in [3.05, 3.63) is 23.8 Å². The lowest BCUT2D eigenvalue weighted by molar-refractivity contribution is -0.119. The Hall–Kier alpha value is -1.18. The van der Waals surface area contributed by atoms with Crippen molar-refractivity contribution >= 4 is 11.6 Å². The van der Waals surface area contributed by atoms with Crippen LogP contribution in [0.3, 0.4) is 0 Å². The first-order chi connectivity index (χ1) is 5.61. The third-order valence-corrected chi connectivity index (χ3v) is 2.00. The maximum absolute atomic E-state index is 11.0. The summed E-state index contributed by atoms with van der Waals surface area (Å²) >= 11 is 0. The maximum Gasteiger partial charge on any atom is 0.159 e. The minimum atomic E-state index is -0.0890. The van der Waals surface area contributed by atoms with Crippen molar-refractivity contribution in [1.82, 2.24) is 0 Å². The Bertz CT molecular complexity index is 272. The summed E-state index contributed by atoms with van der Waals surface area (Å²) in [6.45, 7) is 3.07. The van der Waals surface area contributed by atoms with E-state index in [0.29, 0.717) is 5.57 Å². The zero-order valence-corrected chi connectivity index (χ0v) is 7.33. The largest absolute Gasteiger partial charge is 0.299 e. The van der Waals surface area contributed by atoms with E-state index in [1.807, 2.05) is 6.08 Å². The highest BCUT2D eigenvalue weighted by atomic mass is 16.1. The molecule has 1 aliphatic rings. The van der Waals surface area contributed by atoms with Gasteiger partial charge in [0.15, 0.2) is 5.78 Å². The number of ketones is 2. The van der Waals surface area contributed by atoms with Crippen LogP contribution in [0.4, 0.5) is 0 Å². The van der Waals surface area contributed by atoms with Gasteiger partial charge in [-0.25, -0.2) is 0 Å². The van der Waals surface area contributed by atoms with E-state index in [1.54, 1.807) is 19.1 Å². The predicted molar refractivity (Wildman–Crippen MR) is 46.7 cm³/mol. The van der Waals surface area contributed by atoms with E-state index in [2.05, 4.69) is 0 Å². The molecule has 0 aromatic heterocycles. The molecule has 0 radical (unpaired) electrons. The second-order valence-electron chi connectivity index (χ2n) is 3.03. The first kappa shape index (κ1) is 8.91. The van der Waals surface area contributed by atoms with Gasteiger partial charge < -0.3 is 0 Å². The van der Waals surface area contributed by atoms with Gasteiger partial charge in [-0.05, 0) is 20.3 Å². The van der Waals surface area contributed by atoms with Gasteiger partial charge in [0, 0.05) is 11.5 Å². The Kier molecular flexibility index (Phi) is 2.58. The Labute approximate surface area is 72.0 Å². The molecule has 0 spiro atoms. The van der Waals surface area contributed by atoms with Gasteiger partial charge >= 0.3 is 0 Å². The van der Waals surface area contributed by atoms with E-state index in [-0.39, 0.29) is 17.5 Å². The molecule has 12 heavy (non-hydrogen) atoms. The van der Waals surface area contributed by atoms with Gasteiger partial charge in [-0.15, -0.1) is 0 Å². The zero-order valence-electron chi connectivity index (χ0n) is 7.33. The van der Waals surface area contributed by atoms with Crippen molar-refractivity contribution in [3.63, 3.8) is 0 Å². The van der Waals surface area contributed by atoms with Gasteiger partial charge in [-0.1, -0.05) is 18.2 Å². The van der Waals surface area contributed by atoms with Gasteiger partial charge in [-0.3, -0.25) is 9.59 Å². The number of Topliss-reactive ketones (excluding diaryl/α,β-unsaturated/α-hetero) is 2. The smallest absolute Gasteiger partial charge is 0.159 e. The van der Waals surface area contributed by atoms with Crippen molar-refractivity contribution in [2.75, 3.05) is 0 Å². The van der Waals surface area contributed by atoms with Crippen LogP contribution >= 0.6 is 0 Å². The highest BCUT2D eigenvalue weighted by Crippen LogP contribution is 2.17. The lowest BCUT2D eigenvalue weighted by atomic mass is 9.92. The molecule has 0 bridgehead atoms. The normalized spacial score (nSPS) is 21.8. The Morgan fingerprint density at radius 2 is 2.08 bits per heavy atom. The molecule has 0 amide bonds. The predicted octanol–water partition coefficient (Wildman–Crippen LogP) is 1.67. The Morgan fingerprint density at radius 3 is 2.58 bits per heavy atom. The SMILES string of the molecule is CC(=O)C1=CC(C(C)=O)CC=C1. The van der Waals surface area contributed by atoms with Crippen LogP contribution in [0.2, 0.25) is 0 Å². The summed E-state index contributed by atoms with van der Waals surface area (Å²) in [5.74, 6) is 0.0594. The molecule has 64 valence electrons. The first-order valence-electron chi connectivity index (χ1n) is 4.01. The van der Waals surface area contributed by atoms with Crippen LogP contribution in [0, 0.1) is 5.92 Å². The zero-order chi connectivity index (χ0) is 9.14. The Morgan fingerprint density at radius 1 is 1.42 bits per heavy atom. The van der Waals surface area contributed by atoms with Crippen LogP contribution in [0.5, 0.6) is 0 Å². The quantitative estimate of drug-likeness (QED) is 0.622. The van der Waals surface area contributed by atoms with Gasteiger partial charge in [-0.2, -0.15) is 0 Å². The molecular weight excluding hydrogens is 152 g/mol. The van der Waals surface area contributed by atoms with E-state index in [0.717, 1.165) is 6.42 Å². The van der Waals surface area contributed by atoms with E-state index < -0.39 is 0 Å².